The van der Waals surface area contributed by atoms with Gasteiger partial charge >= 0.3 is 0 Å². The standard InChI is InChI=1S/C80H129BrN2O14Si3/c1-23-99(24-2,25-3)97-80(48-69(87-20)47-73(94-80)74(96-98(21,22)79(15,16)17)42-56(10)31-34-63(85-18)28-27-38-81)49-76-82-62(51-88-76)43-58(12)77-60(14)78(90-50-61-32-35-64(86-19)36-33-61)59(13)71(93-77)29-26-30-75-83-70(52-89-75)72-46-68(95-100(53(4)5,54(6)7)55(8)9)45-67(92-72)44-66-41-57(11)40-65(91-66)37-39-84/h26-27,30-36,38,42-43,51-55,59-60,63,65-69,71-74,77-78,84H,11,23-25,28-29,37,39-41,44-50H2,1-10,12-22H3/b30-26+,34-31+,38-27+,56-42+,58-43+/t59-,60-,63+,65-,66+,67+,68+,69+,71+,72+,73+,74+,77-,78-,80+/m0/s1. The first-order chi connectivity index (χ1) is 47.4. The zero-order valence-corrected chi connectivity index (χ0v) is 69.5. The number of nitrogens with zero attached hydrogens (tertiary/aromatic N) is 2. The van der Waals surface area contributed by atoms with Gasteiger partial charge in [0.2, 0.25) is 14.2 Å². The quantitative estimate of drug-likeness (QED) is 0.0330. The molecule has 0 unspecified atom stereocenters. The van der Waals surface area contributed by atoms with Gasteiger partial charge in [-0.3, -0.25) is 0 Å². The van der Waals surface area contributed by atoms with Crippen LogP contribution < -0.4 is 4.74 Å². The molecule has 0 radical (unpaired) electrons. The number of benzene rings is 1. The summed E-state index contributed by atoms with van der Waals surface area (Å²) in [6.45, 7) is 45.9. The van der Waals surface area contributed by atoms with Gasteiger partial charge < -0.3 is 65.1 Å². The normalized spacial score (nSPS) is 28.0. The lowest BCUT2D eigenvalue weighted by Crippen LogP contribution is -2.59. The van der Waals surface area contributed by atoms with Gasteiger partial charge in [-0.15, -0.1) is 0 Å². The van der Waals surface area contributed by atoms with Gasteiger partial charge in [0.1, 0.15) is 35.8 Å². The van der Waals surface area contributed by atoms with Crippen molar-refractivity contribution in [2.45, 2.75) is 320 Å². The van der Waals surface area contributed by atoms with Crippen molar-refractivity contribution >= 4 is 53.0 Å². The molecule has 6 heterocycles. The molecule has 0 aliphatic carbocycles. The molecule has 100 heavy (non-hydrogen) atoms. The Morgan fingerprint density at radius 2 is 1.53 bits per heavy atom. The second-order valence-electron chi connectivity index (χ2n) is 31.7. The molecule has 4 fully saturated rings. The van der Waals surface area contributed by atoms with Crippen molar-refractivity contribution in [3.8, 4) is 5.75 Å². The topological polar surface area (TPSA) is 174 Å². The minimum atomic E-state index is -2.37. The molecule has 4 aliphatic heterocycles. The zero-order chi connectivity index (χ0) is 73.3. The van der Waals surface area contributed by atoms with Crippen LogP contribution in [0.15, 0.2) is 104 Å². The predicted octanol–water partition coefficient (Wildman–Crippen LogP) is 20.1. The summed E-state index contributed by atoms with van der Waals surface area (Å²) in [6.07, 6.45) is 22.9. The van der Waals surface area contributed by atoms with Gasteiger partial charge in [-0.05, 0) is 146 Å². The molecule has 562 valence electrons. The number of aromatic nitrogens is 2. The summed E-state index contributed by atoms with van der Waals surface area (Å²) in [7, 11) is -1.77. The molecule has 16 nitrogen and oxygen atoms in total. The summed E-state index contributed by atoms with van der Waals surface area (Å²) in [5.74, 6) is 0.690. The third-order valence-corrected chi connectivity index (χ3v) is 38.3. The first kappa shape index (κ1) is 83.8. The Hall–Kier alpha value is -3.43. The second-order valence-corrected chi connectivity index (χ2v) is 47.1. The highest BCUT2D eigenvalue weighted by atomic mass is 79.9. The first-order valence-corrected chi connectivity index (χ1v) is 46.0. The van der Waals surface area contributed by atoms with E-state index in [4.69, 9.17) is 70.0 Å². The van der Waals surface area contributed by atoms with Gasteiger partial charge in [-0.1, -0.05) is 173 Å². The molecule has 0 bridgehead atoms. The van der Waals surface area contributed by atoms with E-state index in [9.17, 15) is 5.11 Å². The maximum atomic E-state index is 9.82. The summed E-state index contributed by atoms with van der Waals surface area (Å²) in [4.78, 5) is 12.2. The number of aliphatic hydroxyl groups excluding tert-OH is 1. The van der Waals surface area contributed by atoms with E-state index >= 15 is 0 Å². The molecule has 3 aromatic rings. The largest absolute Gasteiger partial charge is 0.497 e. The van der Waals surface area contributed by atoms with E-state index in [1.54, 1.807) is 33.9 Å². The molecular weight excluding hydrogens is 1380 g/mol. The molecule has 1 N–H and O–H groups in total. The van der Waals surface area contributed by atoms with Gasteiger partial charge in [0, 0.05) is 58.3 Å². The Bertz CT molecular complexity index is 3100. The fourth-order valence-corrected chi connectivity index (χ4v) is 25.9. The molecule has 0 saturated carbocycles. The van der Waals surface area contributed by atoms with Crippen molar-refractivity contribution < 1.29 is 65.1 Å². The van der Waals surface area contributed by atoms with Crippen molar-refractivity contribution in [2.24, 2.45) is 11.8 Å². The van der Waals surface area contributed by atoms with E-state index in [0.717, 1.165) is 77.5 Å². The van der Waals surface area contributed by atoms with Gasteiger partial charge in [0.05, 0.1) is 87.3 Å². The van der Waals surface area contributed by atoms with Crippen LogP contribution in [-0.4, -0.2) is 141 Å². The van der Waals surface area contributed by atoms with E-state index in [1.165, 1.54) is 0 Å². The van der Waals surface area contributed by atoms with E-state index in [-0.39, 0.29) is 90.9 Å². The third kappa shape index (κ3) is 22.3. The van der Waals surface area contributed by atoms with E-state index in [1.807, 2.05) is 29.3 Å². The molecule has 0 spiro atoms. The molecule has 4 aliphatic rings. The van der Waals surface area contributed by atoms with Crippen LogP contribution in [-0.2, 0) is 59.5 Å². The summed E-state index contributed by atoms with van der Waals surface area (Å²) in [5, 5.41) is 9.76. The number of hydrogen-bond acceptors (Lipinski definition) is 16. The lowest BCUT2D eigenvalue weighted by atomic mass is 9.79. The van der Waals surface area contributed by atoms with Crippen LogP contribution in [0.2, 0.25) is 52.9 Å². The average Bonchev–Trinajstić information content (AvgIpc) is 1.05. The maximum absolute atomic E-state index is 9.82. The molecule has 0 amide bonds. The second kappa shape index (κ2) is 38.2. The smallest absolute Gasteiger partial charge is 0.218 e. The Balaban J connectivity index is 1.16. The minimum Gasteiger partial charge on any atom is -0.497 e. The number of hydrogen-bond donors (Lipinski definition) is 1. The number of halogens is 1. The molecule has 2 aromatic heterocycles. The fourth-order valence-electron chi connectivity index (χ4n) is 15.9. The summed E-state index contributed by atoms with van der Waals surface area (Å²) in [5.41, 5.74) is 7.02. The lowest BCUT2D eigenvalue weighted by molar-refractivity contribution is -0.276. The summed E-state index contributed by atoms with van der Waals surface area (Å²) < 4.78 is 88.6. The van der Waals surface area contributed by atoms with Gasteiger partial charge in [-0.2, -0.15) is 0 Å². The van der Waals surface area contributed by atoms with Crippen LogP contribution >= 0.6 is 15.9 Å². The number of aliphatic hydroxyl groups is 1. The van der Waals surface area contributed by atoms with Crippen molar-refractivity contribution in [1.29, 1.82) is 0 Å². The van der Waals surface area contributed by atoms with Crippen LogP contribution in [0.1, 0.15) is 210 Å². The number of methoxy groups -OCH3 is 3. The Morgan fingerprint density at radius 1 is 0.840 bits per heavy atom. The third-order valence-electron chi connectivity index (χ3n) is 22.6. The van der Waals surface area contributed by atoms with Crippen LogP contribution in [0.5, 0.6) is 5.75 Å². The highest BCUT2D eigenvalue weighted by molar-refractivity contribution is 9.11. The van der Waals surface area contributed by atoms with Crippen LogP contribution in [0.25, 0.3) is 12.2 Å². The Kier molecular flexibility index (Phi) is 32.0. The fraction of sp³-hybridized carbons (Fsp3) is 0.700. The SMILES string of the molecule is C=C1C[C@H](C[C@@H]2C[C@@H](O[Si](C(C)C)(C(C)C)C(C)C)C[C@H](c3coc(/C=C/C[C@H]4O[C@@H](/C(C)=C/c5coc(C[C@]6(O[Si](CC)(CC)CC)C[C@H](OC)C[C@H]([C@@H](/C=C(C)/C=C/[C@@H](C/C=C/Br)OC)O[Si](C)(C)C(C)(C)C)O6)n5)[C@H](C)[C@@H](OCc5ccc(OC)cc5)[C@H]4C)n3)O2)O[C@@H](CCO)C1. The van der Waals surface area contributed by atoms with Gasteiger partial charge in [0.15, 0.2) is 28.3 Å². The molecule has 4 saturated heterocycles. The Morgan fingerprint density at radius 3 is 2.15 bits per heavy atom. The highest BCUT2D eigenvalue weighted by Crippen LogP contribution is 2.48. The van der Waals surface area contributed by atoms with Crippen LogP contribution in [0, 0.1) is 11.8 Å². The predicted molar refractivity (Wildman–Crippen MR) is 413 cm³/mol. The van der Waals surface area contributed by atoms with Gasteiger partial charge in [-0.25, -0.2) is 9.97 Å². The molecule has 1 aromatic carbocycles. The van der Waals surface area contributed by atoms with Crippen LogP contribution in [0.3, 0.4) is 0 Å². The van der Waals surface area contributed by atoms with E-state index in [2.05, 4.69) is 189 Å². The average molecular weight is 1510 g/mol. The highest BCUT2D eigenvalue weighted by Gasteiger charge is 2.53. The van der Waals surface area contributed by atoms with Crippen molar-refractivity contribution in [3.05, 3.63) is 124 Å². The molecule has 20 heteroatoms. The van der Waals surface area contributed by atoms with E-state index in [0.29, 0.717) is 79.2 Å². The summed E-state index contributed by atoms with van der Waals surface area (Å²) in [6, 6.07) is 10.9. The number of oxazole rings is 2. The first-order valence-electron chi connectivity index (χ1n) is 37.6. The minimum absolute atomic E-state index is 0.0153. The number of ether oxygens (including phenoxy) is 8. The number of rotatable bonds is 36. The van der Waals surface area contributed by atoms with Crippen LogP contribution in [0.4, 0.5) is 0 Å². The number of allylic oxidation sites excluding steroid dienone is 2. The zero-order valence-electron chi connectivity index (χ0n) is 64.9. The van der Waals surface area contributed by atoms with Crippen molar-refractivity contribution in [2.75, 3.05) is 27.9 Å². The molecule has 15 atom stereocenters. The van der Waals surface area contributed by atoms with Gasteiger partial charge in [0.25, 0.3) is 0 Å². The van der Waals surface area contributed by atoms with Crippen molar-refractivity contribution in [3.63, 3.8) is 0 Å². The maximum Gasteiger partial charge on any atom is 0.218 e. The lowest BCUT2D eigenvalue weighted by Gasteiger charge is -2.50. The monoisotopic (exact) mass is 1500 g/mol. The molecule has 7 rings (SSSR count). The molecular formula is C80H129BrN2O14Si3. The van der Waals surface area contributed by atoms with Crippen molar-refractivity contribution in [1.82, 2.24) is 9.97 Å². The summed E-state index contributed by atoms with van der Waals surface area (Å²) >= 11 is 3.41. The van der Waals surface area contributed by atoms with E-state index < -0.39 is 42.9 Å². The Labute approximate surface area is 614 Å².